The third kappa shape index (κ3) is 2.93. The Bertz CT molecular complexity index is 441. The highest BCUT2D eigenvalue weighted by Crippen LogP contribution is 2.22. The van der Waals surface area contributed by atoms with Gasteiger partial charge in [-0.15, -0.1) is 0 Å². The number of benzene rings is 1. The molecular formula is C14H19BrN2O. The zero-order valence-electron chi connectivity index (χ0n) is 10.9. The molecule has 1 amide bonds. The maximum Gasteiger partial charge on any atom is 0.254 e. The summed E-state index contributed by atoms with van der Waals surface area (Å²) in [6.45, 7) is 3.85. The Kier molecular flexibility index (Phi) is 4.40. The normalized spacial score (nSPS) is 18.9. The molecule has 98 valence electrons. The number of nitrogens with zero attached hydrogens (tertiary/aromatic N) is 1. The van der Waals surface area contributed by atoms with Crippen molar-refractivity contribution in [2.75, 3.05) is 20.1 Å². The molecule has 1 saturated heterocycles. The largest absolute Gasteiger partial charge is 0.340 e. The molecule has 0 spiro atoms. The van der Waals surface area contributed by atoms with Gasteiger partial charge >= 0.3 is 0 Å². The highest BCUT2D eigenvalue weighted by molar-refractivity contribution is 9.10. The fraction of sp³-hybridized carbons (Fsp3) is 0.500. The van der Waals surface area contributed by atoms with Crippen molar-refractivity contribution in [2.24, 2.45) is 0 Å². The molecule has 2 rings (SSSR count). The van der Waals surface area contributed by atoms with Crippen molar-refractivity contribution in [2.45, 2.75) is 25.8 Å². The van der Waals surface area contributed by atoms with E-state index in [-0.39, 0.29) is 5.91 Å². The summed E-state index contributed by atoms with van der Waals surface area (Å²) in [6, 6.07) is 6.24. The minimum atomic E-state index is 0.0827. The smallest absolute Gasteiger partial charge is 0.254 e. The molecule has 0 bridgehead atoms. The third-order valence-corrected chi connectivity index (χ3v) is 4.48. The monoisotopic (exact) mass is 310 g/mol. The number of carbonyl (C=O) groups is 1. The topological polar surface area (TPSA) is 32.3 Å². The molecular weight excluding hydrogens is 292 g/mol. The number of likely N-dealkylation sites (N-methyl/N-ethyl adjacent to an activating group) is 1. The number of halogens is 1. The van der Waals surface area contributed by atoms with Gasteiger partial charge < -0.3 is 10.2 Å². The number of rotatable bonds is 3. The second-order valence-electron chi connectivity index (χ2n) is 4.92. The Hall–Kier alpha value is -0.870. The van der Waals surface area contributed by atoms with E-state index in [0.717, 1.165) is 35.1 Å². The van der Waals surface area contributed by atoms with Crippen LogP contribution in [0.15, 0.2) is 22.7 Å². The van der Waals surface area contributed by atoms with E-state index >= 15 is 0 Å². The number of hydrogen-bond acceptors (Lipinski definition) is 2. The summed E-state index contributed by atoms with van der Waals surface area (Å²) in [5.74, 6) is 0.0827. The van der Waals surface area contributed by atoms with E-state index in [1.54, 1.807) is 0 Å². The molecule has 1 aliphatic rings. The van der Waals surface area contributed by atoms with Crippen LogP contribution in [0.5, 0.6) is 0 Å². The fourth-order valence-corrected chi connectivity index (χ4v) is 2.78. The molecule has 1 aromatic rings. The van der Waals surface area contributed by atoms with Crippen LogP contribution >= 0.6 is 15.9 Å². The summed E-state index contributed by atoms with van der Waals surface area (Å²) >= 11 is 3.50. The van der Waals surface area contributed by atoms with Gasteiger partial charge in [0.15, 0.2) is 0 Å². The molecule has 18 heavy (non-hydrogen) atoms. The number of carbonyl (C=O) groups excluding carboxylic acids is 1. The Labute approximate surface area is 117 Å². The fourth-order valence-electron chi connectivity index (χ4n) is 2.34. The van der Waals surface area contributed by atoms with E-state index in [1.165, 1.54) is 6.42 Å². The first-order valence-electron chi connectivity index (χ1n) is 6.33. The molecule has 3 nitrogen and oxygen atoms in total. The summed E-state index contributed by atoms with van der Waals surface area (Å²) < 4.78 is 0.904. The Morgan fingerprint density at radius 1 is 1.56 bits per heavy atom. The van der Waals surface area contributed by atoms with Crippen LogP contribution < -0.4 is 5.32 Å². The second kappa shape index (κ2) is 5.85. The lowest BCUT2D eigenvalue weighted by atomic mass is 10.1. The van der Waals surface area contributed by atoms with Crippen LogP contribution in [0.3, 0.4) is 0 Å². The van der Waals surface area contributed by atoms with Gasteiger partial charge in [-0.2, -0.15) is 0 Å². The highest BCUT2D eigenvalue weighted by atomic mass is 79.9. The molecule has 1 fully saturated rings. The van der Waals surface area contributed by atoms with Crippen molar-refractivity contribution in [3.05, 3.63) is 33.8 Å². The van der Waals surface area contributed by atoms with Gasteiger partial charge in [-0.05, 0) is 53.9 Å². The van der Waals surface area contributed by atoms with Crippen LogP contribution in [0.2, 0.25) is 0 Å². The number of aryl methyl sites for hydroxylation is 1. The van der Waals surface area contributed by atoms with Crippen molar-refractivity contribution in [1.82, 2.24) is 10.2 Å². The molecule has 1 aliphatic heterocycles. The van der Waals surface area contributed by atoms with Crippen LogP contribution in [-0.2, 0) is 0 Å². The predicted molar refractivity (Wildman–Crippen MR) is 76.9 cm³/mol. The van der Waals surface area contributed by atoms with Gasteiger partial charge in [-0.1, -0.05) is 12.1 Å². The first-order valence-corrected chi connectivity index (χ1v) is 7.13. The van der Waals surface area contributed by atoms with Crippen LogP contribution in [0.4, 0.5) is 0 Å². The van der Waals surface area contributed by atoms with E-state index < -0.39 is 0 Å². The Morgan fingerprint density at radius 3 is 3.00 bits per heavy atom. The highest BCUT2D eigenvalue weighted by Gasteiger charge is 2.21. The summed E-state index contributed by atoms with van der Waals surface area (Å²) in [5, 5.41) is 3.41. The number of nitrogens with one attached hydrogen (secondary N) is 1. The third-order valence-electron chi connectivity index (χ3n) is 3.43. The minimum Gasteiger partial charge on any atom is -0.340 e. The maximum atomic E-state index is 12.4. The summed E-state index contributed by atoms with van der Waals surface area (Å²) in [5.41, 5.74) is 1.84. The molecule has 1 heterocycles. The standard InChI is InChI=1S/C14H19BrN2O/c1-10-5-3-7-12(13(10)15)14(18)17(2)9-11-6-4-8-16-11/h3,5,7,11,16H,4,6,8-9H2,1-2H3. The Balaban J connectivity index is 2.07. The molecule has 1 unspecified atom stereocenters. The number of hydrogen-bond donors (Lipinski definition) is 1. The molecule has 1 N–H and O–H groups in total. The zero-order valence-corrected chi connectivity index (χ0v) is 12.5. The predicted octanol–water partition coefficient (Wildman–Crippen LogP) is 2.58. The average Bonchev–Trinajstić information content (AvgIpc) is 2.84. The Morgan fingerprint density at radius 2 is 2.33 bits per heavy atom. The lowest BCUT2D eigenvalue weighted by Gasteiger charge is -2.22. The van der Waals surface area contributed by atoms with Gasteiger partial charge in [0.1, 0.15) is 0 Å². The summed E-state index contributed by atoms with van der Waals surface area (Å²) in [7, 11) is 1.87. The van der Waals surface area contributed by atoms with Gasteiger partial charge in [-0.3, -0.25) is 4.79 Å². The van der Waals surface area contributed by atoms with E-state index in [4.69, 9.17) is 0 Å². The lowest BCUT2D eigenvalue weighted by Crippen LogP contribution is -2.38. The van der Waals surface area contributed by atoms with Crippen molar-refractivity contribution in [3.8, 4) is 0 Å². The van der Waals surface area contributed by atoms with Crippen LogP contribution in [0, 0.1) is 6.92 Å². The van der Waals surface area contributed by atoms with E-state index in [9.17, 15) is 4.79 Å². The molecule has 1 aromatic carbocycles. The first-order chi connectivity index (χ1) is 8.59. The first kappa shape index (κ1) is 13.6. The van der Waals surface area contributed by atoms with E-state index in [0.29, 0.717) is 6.04 Å². The van der Waals surface area contributed by atoms with E-state index in [2.05, 4.69) is 21.2 Å². The van der Waals surface area contributed by atoms with Crippen molar-refractivity contribution >= 4 is 21.8 Å². The lowest BCUT2D eigenvalue weighted by molar-refractivity contribution is 0.0783. The van der Waals surface area contributed by atoms with E-state index in [1.807, 2.05) is 37.1 Å². The van der Waals surface area contributed by atoms with Crippen LogP contribution in [0.25, 0.3) is 0 Å². The molecule has 0 radical (unpaired) electrons. The average molecular weight is 311 g/mol. The summed E-state index contributed by atoms with van der Waals surface area (Å²) in [6.07, 6.45) is 2.37. The molecule has 1 atom stereocenters. The van der Waals surface area contributed by atoms with Gasteiger partial charge in [-0.25, -0.2) is 0 Å². The van der Waals surface area contributed by atoms with Crippen LogP contribution in [-0.4, -0.2) is 37.0 Å². The van der Waals surface area contributed by atoms with Crippen molar-refractivity contribution in [3.63, 3.8) is 0 Å². The quantitative estimate of drug-likeness (QED) is 0.930. The molecule has 4 heteroatoms. The van der Waals surface area contributed by atoms with Crippen LogP contribution in [0.1, 0.15) is 28.8 Å². The van der Waals surface area contributed by atoms with Gasteiger partial charge in [0, 0.05) is 24.1 Å². The number of amides is 1. The van der Waals surface area contributed by atoms with Crippen molar-refractivity contribution < 1.29 is 4.79 Å². The molecule has 0 aromatic heterocycles. The SMILES string of the molecule is Cc1cccc(C(=O)N(C)CC2CCCN2)c1Br. The minimum absolute atomic E-state index is 0.0827. The van der Waals surface area contributed by atoms with Crippen molar-refractivity contribution in [1.29, 1.82) is 0 Å². The van der Waals surface area contributed by atoms with Gasteiger partial charge in [0.2, 0.25) is 0 Å². The molecule has 0 saturated carbocycles. The summed E-state index contributed by atoms with van der Waals surface area (Å²) in [4.78, 5) is 14.2. The molecule has 0 aliphatic carbocycles. The van der Waals surface area contributed by atoms with Gasteiger partial charge in [0.25, 0.3) is 5.91 Å². The van der Waals surface area contributed by atoms with Gasteiger partial charge in [0.05, 0.1) is 5.56 Å². The zero-order chi connectivity index (χ0) is 13.1. The maximum absolute atomic E-state index is 12.4. The second-order valence-corrected chi connectivity index (χ2v) is 5.71.